The van der Waals surface area contributed by atoms with Crippen LogP contribution in [0, 0.1) is 11.6 Å². The predicted molar refractivity (Wildman–Crippen MR) is 81.6 cm³/mol. The first-order chi connectivity index (χ1) is 11.6. The number of hydrogen-bond donors (Lipinski definition) is 1. The number of nitrogens with zero attached hydrogens (tertiary/aromatic N) is 2. The lowest BCUT2D eigenvalue weighted by Crippen LogP contribution is -2.24. The first-order valence-electron chi connectivity index (χ1n) is 7.19. The highest BCUT2D eigenvalue weighted by Gasteiger charge is 2.10. The molecule has 5 nitrogen and oxygen atoms in total. The highest BCUT2D eigenvalue weighted by Crippen LogP contribution is 2.17. The van der Waals surface area contributed by atoms with Gasteiger partial charge in [0.05, 0.1) is 13.0 Å². The highest BCUT2D eigenvalue weighted by atomic mass is 19.1. The minimum absolute atomic E-state index is 0.0776. The van der Waals surface area contributed by atoms with E-state index in [1.807, 2.05) is 0 Å². The Bertz CT molecular complexity index is 830. The average molecular weight is 329 g/mol. The fraction of sp³-hybridized carbons (Fsp3) is 0.118. The smallest absolute Gasteiger partial charge is 0.247 e. The van der Waals surface area contributed by atoms with Gasteiger partial charge in [0.1, 0.15) is 11.6 Å². The molecule has 0 saturated carbocycles. The molecule has 1 aromatic heterocycles. The van der Waals surface area contributed by atoms with Crippen molar-refractivity contribution in [3.63, 3.8) is 0 Å². The molecule has 0 atom stereocenters. The molecule has 0 unspecified atom stereocenters. The van der Waals surface area contributed by atoms with Crippen molar-refractivity contribution in [3.8, 4) is 11.5 Å². The summed E-state index contributed by atoms with van der Waals surface area (Å²) in [4.78, 5) is 11.8. The Morgan fingerprint density at radius 2 is 1.58 bits per heavy atom. The van der Waals surface area contributed by atoms with E-state index in [0.29, 0.717) is 11.1 Å². The molecule has 122 valence electrons. The molecule has 2 aromatic carbocycles. The van der Waals surface area contributed by atoms with Gasteiger partial charge in [0.15, 0.2) is 0 Å². The zero-order valence-corrected chi connectivity index (χ0v) is 12.5. The molecule has 0 bridgehead atoms. The van der Waals surface area contributed by atoms with E-state index in [9.17, 15) is 13.6 Å². The Labute approximate surface area is 136 Å². The Hall–Kier alpha value is -3.09. The molecule has 0 aliphatic rings. The number of carbonyl (C=O) groups is 1. The molecule has 0 saturated heterocycles. The van der Waals surface area contributed by atoms with Crippen LogP contribution in [0.5, 0.6) is 0 Å². The van der Waals surface area contributed by atoms with E-state index in [1.165, 1.54) is 36.4 Å². The molecule has 24 heavy (non-hydrogen) atoms. The quantitative estimate of drug-likeness (QED) is 0.781. The summed E-state index contributed by atoms with van der Waals surface area (Å²) in [7, 11) is 0. The molecular weight excluding hydrogens is 316 g/mol. The minimum atomic E-state index is -0.355. The van der Waals surface area contributed by atoms with E-state index in [-0.39, 0.29) is 42.3 Å². The van der Waals surface area contributed by atoms with Crippen LogP contribution in [0.1, 0.15) is 11.5 Å². The summed E-state index contributed by atoms with van der Waals surface area (Å²) in [5.41, 5.74) is 1.29. The van der Waals surface area contributed by atoms with Crippen LogP contribution >= 0.6 is 0 Å². The number of hydrogen-bond acceptors (Lipinski definition) is 4. The van der Waals surface area contributed by atoms with Gasteiger partial charge < -0.3 is 9.73 Å². The number of aromatic nitrogens is 2. The topological polar surface area (TPSA) is 68.0 Å². The number of rotatable bonds is 5. The number of halogens is 2. The van der Waals surface area contributed by atoms with Crippen LogP contribution in [-0.4, -0.2) is 16.1 Å². The van der Waals surface area contributed by atoms with Crippen LogP contribution in [0.15, 0.2) is 52.9 Å². The van der Waals surface area contributed by atoms with Crippen molar-refractivity contribution in [2.75, 3.05) is 0 Å². The fourth-order valence-corrected chi connectivity index (χ4v) is 2.06. The van der Waals surface area contributed by atoms with E-state index in [0.717, 1.165) is 0 Å². The second kappa shape index (κ2) is 6.99. The van der Waals surface area contributed by atoms with Gasteiger partial charge in [-0.05, 0) is 42.0 Å². The van der Waals surface area contributed by atoms with Crippen molar-refractivity contribution in [1.82, 2.24) is 15.5 Å². The summed E-state index contributed by atoms with van der Waals surface area (Å²) in [6, 6.07) is 11.3. The zero-order valence-electron chi connectivity index (χ0n) is 12.5. The van der Waals surface area contributed by atoms with Gasteiger partial charge in [0.25, 0.3) is 0 Å². The molecule has 1 amide bonds. The SMILES string of the molecule is O=C(Cc1ccc(F)cc1)NCc1nnc(-c2ccc(F)cc2)o1. The third-order valence-electron chi connectivity index (χ3n) is 3.27. The average Bonchev–Trinajstić information content (AvgIpc) is 3.05. The molecule has 7 heteroatoms. The molecular formula is C17H13F2N3O2. The first kappa shape index (κ1) is 15.8. The fourth-order valence-electron chi connectivity index (χ4n) is 2.06. The van der Waals surface area contributed by atoms with E-state index in [4.69, 9.17) is 4.42 Å². The molecule has 1 heterocycles. The molecule has 0 fully saturated rings. The summed E-state index contributed by atoms with van der Waals surface area (Å²) >= 11 is 0. The summed E-state index contributed by atoms with van der Waals surface area (Å²) in [6.45, 7) is 0.0776. The second-order valence-electron chi connectivity index (χ2n) is 5.09. The number of carbonyl (C=O) groups excluding carboxylic acids is 1. The Morgan fingerprint density at radius 3 is 2.25 bits per heavy atom. The standard InChI is InChI=1S/C17H13F2N3O2/c18-13-5-1-11(2-6-13)9-15(23)20-10-16-21-22-17(24-16)12-3-7-14(19)8-4-12/h1-8H,9-10H2,(H,20,23). The molecule has 3 aromatic rings. The molecule has 3 rings (SSSR count). The molecule has 0 radical (unpaired) electrons. The van der Waals surface area contributed by atoms with Crippen LogP contribution in [0.25, 0.3) is 11.5 Å². The lowest BCUT2D eigenvalue weighted by Gasteiger charge is -2.02. The Kier molecular flexibility index (Phi) is 4.60. The molecule has 0 aliphatic carbocycles. The molecule has 1 N–H and O–H groups in total. The first-order valence-corrected chi connectivity index (χ1v) is 7.19. The number of benzene rings is 2. The van der Waals surface area contributed by atoms with Crippen LogP contribution < -0.4 is 5.32 Å². The maximum absolute atomic E-state index is 12.9. The van der Waals surface area contributed by atoms with Gasteiger partial charge in [0, 0.05) is 5.56 Å². The van der Waals surface area contributed by atoms with Gasteiger partial charge in [-0.1, -0.05) is 12.1 Å². The summed E-state index contributed by atoms with van der Waals surface area (Å²) in [5.74, 6) is -0.465. The van der Waals surface area contributed by atoms with Crippen molar-refractivity contribution in [3.05, 3.63) is 71.6 Å². The monoisotopic (exact) mass is 329 g/mol. The van der Waals surface area contributed by atoms with Crippen LogP contribution in [0.3, 0.4) is 0 Å². The Morgan fingerprint density at radius 1 is 0.958 bits per heavy atom. The van der Waals surface area contributed by atoms with Crippen molar-refractivity contribution in [1.29, 1.82) is 0 Å². The van der Waals surface area contributed by atoms with Crippen molar-refractivity contribution in [2.24, 2.45) is 0 Å². The summed E-state index contributed by atoms with van der Waals surface area (Å²) in [5, 5.41) is 10.3. The third-order valence-corrected chi connectivity index (χ3v) is 3.27. The summed E-state index contributed by atoms with van der Waals surface area (Å²) in [6.07, 6.45) is 0.124. The van der Waals surface area contributed by atoms with Crippen molar-refractivity contribution >= 4 is 5.91 Å². The number of amides is 1. The van der Waals surface area contributed by atoms with E-state index >= 15 is 0 Å². The summed E-state index contributed by atoms with van der Waals surface area (Å²) < 4.78 is 31.1. The largest absolute Gasteiger partial charge is 0.419 e. The van der Waals surface area contributed by atoms with Gasteiger partial charge in [-0.2, -0.15) is 0 Å². The van der Waals surface area contributed by atoms with Crippen LogP contribution in [0.2, 0.25) is 0 Å². The maximum atomic E-state index is 12.9. The third kappa shape index (κ3) is 4.01. The predicted octanol–water partition coefficient (Wildman–Crippen LogP) is 2.87. The van der Waals surface area contributed by atoms with Gasteiger partial charge in [-0.15, -0.1) is 10.2 Å². The second-order valence-corrected chi connectivity index (χ2v) is 5.09. The van der Waals surface area contributed by atoms with Gasteiger partial charge in [-0.25, -0.2) is 8.78 Å². The Balaban J connectivity index is 1.56. The zero-order chi connectivity index (χ0) is 16.9. The van der Waals surface area contributed by atoms with Gasteiger partial charge >= 0.3 is 0 Å². The van der Waals surface area contributed by atoms with E-state index in [2.05, 4.69) is 15.5 Å². The number of nitrogens with one attached hydrogen (secondary N) is 1. The van der Waals surface area contributed by atoms with Crippen LogP contribution in [0.4, 0.5) is 8.78 Å². The maximum Gasteiger partial charge on any atom is 0.247 e. The van der Waals surface area contributed by atoms with Gasteiger partial charge in [-0.3, -0.25) is 4.79 Å². The normalized spacial score (nSPS) is 10.6. The van der Waals surface area contributed by atoms with Gasteiger partial charge in [0.2, 0.25) is 17.7 Å². The van der Waals surface area contributed by atoms with Crippen molar-refractivity contribution < 1.29 is 18.0 Å². The lowest BCUT2D eigenvalue weighted by atomic mass is 10.1. The minimum Gasteiger partial charge on any atom is -0.419 e. The van der Waals surface area contributed by atoms with Crippen molar-refractivity contribution in [2.45, 2.75) is 13.0 Å². The highest BCUT2D eigenvalue weighted by molar-refractivity contribution is 5.78. The lowest BCUT2D eigenvalue weighted by molar-refractivity contribution is -0.120. The van der Waals surface area contributed by atoms with E-state index in [1.54, 1.807) is 12.1 Å². The molecule has 0 spiro atoms. The molecule has 0 aliphatic heterocycles. The van der Waals surface area contributed by atoms with Crippen LogP contribution in [-0.2, 0) is 17.8 Å². The van der Waals surface area contributed by atoms with E-state index < -0.39 is 0 Å².